The first-order valence-electron chi connectivity index (χ1n) is 7.23. The Morgan fingerprint density at radius 3 is 2.16 bits per heavy atom. The molecule has 19 heavy (non-hydrogen) atoms. The monoisotopic (exact) mass is 269 g/mol. The van der Waals surface area contributed by atoms with Crippen LogP contribution in [0.5, 0.6) is 0 Å². The van der Waals surface area contributed by atoms with Gasteiger partial charge in [0.15, 0.2) is 0 Å². The van der Waals surface area contributed by atoms with Gasteiger partial charge in [0.2, 0.25) is 0 Å². The van der Waals surface area contributed by atoms with Crippen LogP contribution < -0.4 is 0 Å². The van der Waals surface area contributed by atoms with E-state index < -0.39 is 5.60 Å². The van der Waals surface area contributed by atoms with Gasteiger partial charge in [0, 0.05) is 6.04 Å². The molecule has 1 aliphatic rings. The van der Waals surface area contributed by atoms with E-state index in [1.165, 1.54) is 0 Å². The van der Waals surface area contributed by atoms with E-state index in [1.807, 2.05) is 34.6 Å². The van der Waals surface area contributed by atoms with Crippen molar-refractivity contribution in [2.45, 2.75) is 78.0 Å². The number of carbonyl (C=O) groups is 2. The molecule has 1 fully saturated rings. The van der Waals surface area contributed by atoms with E-state index in [1.54, 1.807) is 4.90 Å². The Balaban J connectivity index is 2.85. The molecule has 1 aliphatic carbocycles. The Hall–Kier alpha value is -1.06. The molecule has 0 bridgehead atoms. The summed E-state index contributed by atoms with van der Waals surface area (Å²) < 4.78 is 5.43. The second kappa shape index (κ2) is 6.40. The lowest BCUT2D eigenvalue weighted by atomic mass is 9.97. The first kappa shape index (κ1) is 16.0. The highest BCUT2D eigenvalue weighted by atomic mass is 16.6. The predicted octanol–water partition coefficient (Wildman–Crippen LogP) is 3.39. The summed E-state index contributed by atoms with van der Waals surface area (Å²) in [4.78, 5) is 25.4. The molecule has 0 radical (unpaired) electrons. The molecule has 1 amide bonds. The molecule has 4 heteroatoms. The quantitative estimate of drug-likeness (QED) is 0.735. The fourth-order valence-electron chi connectivity index (χ4n) is 2.69. The van der Waals surface area contributed by atoms with E-state index in [-0.39, 0.29) is 24.1 Å². The van der Waals surface area contributed by atoms with Crippen LogP contribution in [0.15, 0.2) is 0 Å². The van der Waals surface area contributed by atoms with Crippen LogP contribution in [0.4, 0.5) is 4.79 Å². The molecule has 0 aromatic heterocycles. The van der Waals surface area contributed by atoms with Crippen LogP contribution in [0.2, 0.25) is 0 Å². The molecule has 0 spiro atoms. The molecule has 4 nitrogen and oxygen atoms in total. The first-order valence-corrected chi connectivity index (χ1v) is 7.23. The lowest BCUT2D eigenvalue weighted by Gasteiger charge is -2.36. The summed E-state index contributed by atoms with van der Waals surface area (Å²) >= 11 is 0. The Morgan fingerprint density at radius 1 is 1.26 bits per heavy atom. The SMILES string of the molecule is CC(C)N(C(=O)OC(C)(C)C)C(C=O)C1CCCC1. The third-order valence-corrected chi connectivity index (χ3v) is 3.50. The van der Waals surface area contributed by atoms with Crippen LogP contribution in [-0.4, -0.2) is 35.0 Å². The van der Waals surface area contributed by atoms with Crippen molar-refractivity contribution in [3.8, 4) is 0 Å². The molecule has 110 valence electrons. The van der Waals surface area contributed by atoms with Gasteiger partial charge >= 0.3 is 6.09 Å². The normalized spacial score (nSPS) is 18.4. The Morgan fingerprint density at radius 2 is 1.79 bits per heavy atom. The molecule has 0 aromatic rings. The molecule has 1 saturated carbocycles. The highest BCUT2D eigenvalue weighted by molar-refractivity contribution is 5.74. The Kier molecular flexibility index (Phi) is 5.39. The number of ether oxygens (including phenoxy) is 1. The minimum absolute atomic E-state index is 0.0364. The summed E-state index contributed by atoms with van der Waals surface area (Å²) in [6.07, 6.45) is 4.88. The van der Waals surface area contributed by atoms with E-state index in [0.29, 0.717) is 0 Å². The third-order valence-electron chi connectivity index (χ3n) is 3.50. The van der Waals surface area contributed by atoms with Gasteiger partial charge < -0.3 is 9.53 Å². The molecular weight excluding hydrogens is 242 g/mol. The maximum Gasteiger partial charge on any atom is 0.411 e. The molecule has 0 N–H and O–H groups in total. The van der Waals surface area contributed by atoms with Gasteiger partial charge in [-0.1, -0.05) is 12.8 Å². The first-order chi connectivity index (χ1) is 8.76. The number of amides is 1. The van der Waals surface area contributed by atoms with Gasteiger partial charge in [0.05, 0.1) is 6.04 Å². The third kappa shape index (κ3) is 4.51. The van der Waals surface area contributed by atoms with Gasteiger partial charge in [0.25, 0.3) is 0 Å². The largest absolute Gasteiger partial charge is 0.444 e. The zero-order valence-electron chi connectivity index (χ0n) is 12.8. The van der Waals surface area contributed by atoms with Crippen molar-refractivity contribution < 1.29 is 14.3 Å². The lowest BCUT2D eigenvalue weighted by Crippen LogP contribution is -2.50. The lowest BCUT2D eigenvalue weighted by molar-refractivity contribution is -0.115. The molecule has 1 unspecified atom stereocenters. The average Bonchev–Trinajstić information content (AvgIpc) is 2.75. The van der Waals surface area contributed by atoms with Gasteiger partial charge in [-0.2, -0.15) is 0 Å². The van der Waals surface area contributed by atoms with Crippen molar-refractivity contribution >= 4 is 12.4 Å². The maximum atomic E-state index is 12.3. The second-order valence-electron chi connectivity index (χ2n) is 6.65. The van der Waals surface area contributed by atoms with E-state index in [9.17, 15) is 9.59 Å². The summed E-state index contributed by atoms with van der Waals surface area (Å²) in [7, 11) is 0. The number of hydrogen-bond donors (Lipinski definition) is 0. The molecule has 0 aromatic carbocycles. The van der Waals surface area contributed by atoms with Gasteiger partial charge in [-0.15, -0.1) is 0 Å². The minimum Gasteiger partial charge on any atom is -0.444 e. The van der Waals surface area contributed by atoms with E-state index in [4.69, 9.17) is 4.74 Å². The molecule has 1 rings (SSSR count). The number of rotatable bonds is 4. The van der Waals surface area contributed by atoms with E-state index in [2.05, 4.69) is 0 Å². The highest BCUT2D eigenvalue weighted by Gasteiger charge is 2.36. The second-order valence-corrected chi connectivity index (χ2v) is 6.65. The van der Waals surface area contributed by atoms with Crippen LogP contribution in [0.25, 0.3) is 0 Å². The number of carbonyl (C=O) groups excluding carboxylic acids is 2. The van der Waals surface area contributed by atoms with E-state index >= 15 is 0 Å². The molecule has 0 saturated heterocycles. The Labute approximate surface area is 116 Å². The van der Waals surface area contributed by atoms with Gasteiger partial charge in [0.1, 0.15) is 11.9 Å². The summed E-state index contributed by atoms with van der Waals surface area (Å²) in [6.45, 7) is 9.38. The fourth-order valence-corrected chi connectivity index (χ4v) is 2.69. The fraction of sp³-hybridized carbons (Fsp3) is 0.867. The van der Waals surface area contributed by atoms with Gasteiger partial charge in [-0.25, -0.2) is 4.79 Å². The maximum absolute atomic E-state index is 12.3. The molecule has 0 aliphatic heterocycles. The van der Waals surface area contributed by atoms with Crippen molar-refractivity contribution in [1.82, 2.24) is 4.90 Å². The molecule has 1 atom stereocenters. The highest BCUT2D eigenvalue weighted by Crippen LogP contribution is 2.31. The Bertz CT molecular complexity index is 314. The van der Waals surface area contributed by atoms with Crippen LogP contribution in [0, 0.1) is 5.92 Å². The summed E-state index contributed by atoms with van der Waals surface area (Å²) in [5, 5.41) is 0. The predicted molar refractivity (Wildman–Crippen MR) is 75.0 cm³/mol. The van der Waals surface area contributed by atoms with Crippen LogP contribution in [0.1, 0.15) is 60.3 Å². The van der Waals surface area contributed by atoms with Crippen molar-refractivity contribution in [2.24, 2.45) is 5.92 Å². The summed E-state index contributed by atoms with van der Waals surface area (Å²) in [5.41, 5.74) is -0.534. The number of aldehydes is 1. The van der Waals surface area contributed by atoms with Gasteiger partial charge in [-0.05, 0) is 53.4 Å². The number of hydrogen-bond acceptors (Lipinski definition) is 3. The van der Waals surface area contributed by atoms with Crippen LogP contribution >= 0.6 is 0 Å². The van der Waals surface area contributed by atoms with Crippen molar-refractivity contribution in [1.29, 1.82) is 0 Å². The average molecular weight is 269 g/mol. The smallest absolute Gasteiger partial charge is 0.411 e. The standard InChI is InChI=1S/C15H27NO3/c1-11(2)16(14(18)19-15(3,4)5)13(10-17)12-8-6-7-9-12/h10-13H,6-9H2,1-5H3. The van der Waals surface area contributed by atoms with Gasteiger partial charge in [-0.3, -0.25) is 4.90 Å². The zero-order chi connectivity index (χ0) is 14.6. The van der Waals surface area contributed by atoms with Crippen LogP contribution in [-0.2, 0) is 9.53 Å². The summed E-state index contributed by atoms with van der Waals surface area (Å²) in [5.74, 6) is 0.285. The zero-order valence-corrected chi connectivity index (χ0v) is 12.8. The minimum atomic E-state index is -0.534. The molecular formula is C15H27NO3. The summed E-state index contributed by atoms with van der Waals surface area (Å²) in [6, 6.07) is -0.386. The van der Waals surface area contributed by atoms with E-state index in [0.717, 1.165) is 32.0 Å². The topological polar surface area (TPSA) is 46.6 Å². The van der Waals surface area contributed by atoms with Crippen LogP contribution in [0.3, 0.4) is 0 Å². The van der Waals surface area contributed by atoms with Crippen molar-refractivity contribution in [3.05, 3.63) is 0 Å². The number of nitrogens with zero attached hydrogens (tertiary/aromatic N) is 1. The van der Waals surface area contributed by atoms with Crippen molar-refractivity contribution in [3.63, 3.8) is 0 Å². The van der Waals surface area contributed by atoms with Crippen molar-refractivity contribution in [2.75, 3.05) is 0 Å². The molecule has 0 heterocycles.